The van der Waals surface area contributed by atoms with Gasteiger partial charge in [-0.3, -0.25) is 4.79 Å². The van der Waals surface area contributed by atoms with E-state index < -0.39 is 11.9 Å². The van der Waals surface area contributed by atoms with E-state index >= 15 is 0 Å². The zero-order valence-corrected chi connectivity index (χ0v) is 13.6. The molecule has 2 aromatic rings. The topological polar surface area (TPSA) is 91.0 Å². The number of carbonyl (C=O) groups is 2. The first-order valence-electron chi connectivity index (χ1n) is 7.62. The molecule has 1 heterocycles. The van der Waals surface area contributed by atoms with Crippen molar-refractivity contribution < 1.29 is 19.1 Å². The van der Waals surface area contributed by atoms with Gasteiger partial charge in [-0.05, 0) is 42.8 Å². The summed E-state index contributed by atoms with van der Waals surface area (Å²) in [5, 5.41) is 0. The second kappa shape index (κ2) is 7.00. The largest absolute Gasteiger partial charge is 0.484 e. The van der Waals surface area contributed by atoms with E-state index in [2.05, 4.69) is 4.99 Å². The van der Waals surface area contributed by atoms with Crippen molar-refractivity contribution in [1.82, 2.24) is 0 Å². The summed E-state index contributed by atoms with van der Waals surface area (Å²) in [6, 6.07) is 14.4. The number of hydrogen-bond acceptors (Lipinski definition) is 5. The fourth-order valence-corrected chi connectivity index (χ4v) is 2.20. The molecule has 0 aromatic heterocycles. The Balaban J connectivity index is 1.77. The number of rotatable bonds is 5. The molecule has 0 saturated carbocycles. The van der Waals surface area contributed by atoms with Gasteiger partial charge in [0, 0.05) is 5.56 Å². The Morgan fingerprint density at radius 3 is 2.48 bits per heavy atom. The molecule has 25 heavy (non-hydrogen) atoms. The lowest BCUT2D eigenvalue weighted by atomic mass is 10.1. The fraction of sp³-hybridized carbons (Fsp3) is 0.105. The molecule has 0 atom stereocenters. The van der Waals surface area contributed by atoms with Gasteiger partial charge in [0.25, 0.3) is 5.91 Å². The van der Waals surface area contributed by atoms with E-state index in [0.29, 0.717) is 5.75 Å². The molecule has 0 radical (unpaired) electrons. The minimum Gasteiger partial charge on any atom is -0.484 e. The summed E-state index contributed by atoms with van der Waals surface area (Å²) in [4.78, 5) is 26.9. The summed E-state index contributed by atoms with van der Waals surface area (Å²) >= 11 is 0. The molecule has 0 fully saturated rings. The van der Waals surface area contributed by atoms with E-state index in [0.717, 1.165) is 16.7 Å². The number of hydrogen-bond donors (Lipinski definition) is 1. The lowest BCUT2D eigenvalue weighted by molar-refractivity contribution is -0.130. The van der Waals surface area contributed by atoms with Gasteiger partial charge in [0.1, 0.15) is 5.75 Å². The fourth-order valence-electron chi connectivity index (χ4n) is 2.20. The lowest BCUT2D eigenvalue weighted by Gasteiger charge is -2.03. The highest BCUT2D eigenvalue weighted by Gasteiger charge is 2.23. The van der Waals surface area contributed by atoms with Gasteiger partial charge in [-0.1, -0.05) is 29.8 Å². The number of benzene rings is 2. The molecule has 3 rings (SSSR count). The standard InChI is InChI=1S/C19H16N2O4/c1-12-2-6-14(7-3-12)18-21-16(19(23)25-18)10-13-4-8-15(9-5-13)24-11-17(20)22/h2-10H,11H2,1H3,(H2,20,22)/b16-10-. The highest BCUT2D eigenvalue weighted by Crippen LogP contribution is 2.20. The lowest BCUT2D eigenvalue weighted by Crippen LogP contribution is -2.19. The molecule has 1 amide bonds. The van der Waals surface area contributed by atoms with Crippen molar-refractivity contribution in [2.45, 2.75) is 6.92 Å². The molecule has 6 nitrogen and oxygen atoms in total. The third kappa shape index (κ3) is 4.11. The number of amides is 1. The van der Waals surface area contributed by atoms with Gasteiger partial charge in [0.2, 0.25) is 5.90 Å². The van der Waals surface area contributed by atoms with Gasteiger partial charge in [0.05, 0.1) is 0 Å². The maximum Gasteiger partial charge on any atom is 0.363 e. The predicted molar refractivity (Wildman–Crippen MR) is 92.9 cm³/mol. The normalized spacial score (nSPS) is 15.0. The summed E-state index contributed by atoms with van der Waals surface area (Å²) in [5.74, 6) is -0.237. The van der Waals surface area contributed by atoms with Gasteiger partial charge < -0.3 is 15.2 Å². The van der Waals surface area contributed by atoms with Crippen molar-refractivity contribution in [2.75, 3.05) is 6.61 Å². The van der Waals surface area contributed by atoms with Crippen LogP contribution in [0.25, 0.3) is 6.08 Å². The minimum absolute atomic E-state index is 0.184. The average molecular weight is 336 g/mol. The molecular formula is C19H16N2O4. The van der Waals surface area contributed by atoms with Crippen molar-refractivity contribution in [3.05, 3.63) is 70.9 Å². The Morgan fingerprint density at radius 2 is 1.84 bits per heavy atom. The van der Waals surface area contributed by atoms with Crippen molar-refractivity contribution in [1.29, 1.82) is 0 Å². The minimum atomic E-state index is -0.544. The molecule has 0 bridgehead atoms. The number of aryl methyl sites for hydroxylation is 1. The Bertz CT molecular complexity index is 865. The highest BCUT2D eigenvalue weighted by atomic mass is 16.6. The van der Waals surface area contributed by atoms with E-state index in [-0.39, 0.29) is 18.2 Å². The van der Waals surface area contributed by atoms with Gasteiger partial charge in [-0.25, -0.2) is 9.79 Å². The van der Waals surface area contributed by atoms with Crippen LogP contribution in [0.2, 0.25) is 0 Å². The molecule has 0 aliphatic carbocycles. The molecule has 126 valence electrons. The van der Waals surface area contributed by atoms with Crippen LogP contribution in [0.5, 0.6) is 5.75 Å². The number of primary amides is 1. The van der Waals surface area contributed by atoms with Crippen LogP contribution in [-0.4, -0.2) is 24.4 Å². The molecule has 0 saturated heterocycles. The number of carbonyl (C=O) groups excluding carboxylic acids is 2. The van der Waals surface area contributed by atoms with Crippen molar-refractivity contribution >= 4 is 23.9 Å². The van der Waals surface area contributed by atoms with Crippen molar-refractivity contribution in [3.8, 4) is 5.75 Å². The van der Waals surface area contributed by atoms with Crippen LogP contribution in [0, 0.1) is 6.92 Å². The van der Waals surface area contributed by atoms with Crippen LogP contribution >= 0.6 is 0 Å². The number of nitrogens with zero attached hydrogens (tertiary/aromatic N) is 1. The quantitative estimate of drug-likeness (QED) is 0.669. The summed E-state index contributed by atoms with van der Waals surface area (Å²) in [7, 11) is 0. The zero-order chi connectivity index (χ0) is 17.8. The van der Waals surface area contributed by atoms with Gasteiger partial charge >= 0.3 is 5.97 Å². The third-order valence-corrected chi connectivity index (χ3v) is 3.48. The van der Waals surface area contributed by atoms with Crippen LogP contribution in [0.4, 0.5) is 0 Å². The molecule has 0 spiro atoms. The predicted octanol–water partition coefficient (Wildman–Crippen LogP) is 2.20. The molecule has 0 unspecified atom stereocenters. The van der Waals surface area contributed by atoms with Gasteiger partial charge in [0.15, 0.2) is 12.3 Å². The summed E-state index contributed by atoms with van der Waals surface area (Å²) in [6.07, 6.45) is 1.63. The molecular weight excluding hydrogens is 320 g/mol. The summed E-state index contributed by atoms with van der Waals surface area (Å²) in [5.41, 5.74) is 7.87. The SMILES string of the molecule is Cc1ccc(C2=N/C(=C\c3ccc(OCC(N)=O)cc3)C(=O)O2)cc1. The summed E-state index contributed by atoms with van der Waals surface area (Å²) < 4.78 is 10.4. The molecule has 6 heteroatoms. The van der Waals surface area contributed by atoms with E-state index in [1.807, 2.05) is 31.2 Å². The molecule has 2 N–H and O–H groups in total. The number of aliphatic imine (C=N–C) groups is 1. The first kappa shape index (κ1) is 16.4. The van der Waals surface area contributed by atoms with Gasteiger partial charge in [-0.2, -0.15) is 0 Å². The van der Waals surface area contributed by atoms with Crippen molar-refractivity contribution in [3.63, 3.8) is 0 Å². The summed E-state index contributed by atoms with van der Waals surface area (Å²) in [6.45, 7) is 1.80. The Morgan fingerprint density at radius 1 is 1.16 bits per heavy atom. The number of cyclic esters (lactones) is 1. The van der Waals surface area contributed by atoms with Crippen LogP contribution < -0.4 is 10.5 Å². The Labute approximate surface area is 144 Å². The Kier molecular flexibility index (Phi) is 4.61. The van der Waals surface area contributed by atoms with Crippen LogP contribution in [0.15, 0.2) is 59.2 Å². The second-order valence-corrected chi connectivity index (χ2v) is 5.53. The smallest absolute Gasteiger partial charge is 0.363 e. The van der Waals surface area contributed by atoms with Crippen molar-refractivity contribution in [2.24, 2.45) is 10.7 Å². The maximum absolute atomic E-state index is 12.0. The molecule has 1 aliphatic rings. The van der Waals surface area contributed by atoms with E-state index in [4.69, 9.17) is 15.2 Å². The third-order valence-electron chi connectivity index (χ3n) is 3.48. The van der Waals surface area contributed by atoms with E-state index in [1.165, 1.54) is 0 Å². The monoisotopic (exact) mass is 336 g/mol. The second-order valence-electron chi connectivity index (χ2n) is 5.53. The number of esters is 1. The van der Waals surface area contributed by atoms with E-state index in [1.54, 1.807) is 30.3 Å². The van der Waals surface area contributed by atoms with Crippen LogP contribution in [0.3, 0.4) is 0 Å². The average Bonchev–Trinajstić information content (AvgIpc) is 2.95. The molecule has 1 aliphatic heterocycles. The van der Waals surface area contributed by atoms with E-state index in [9.17, 15) is 9.59 Å². The van der Waals surface area contributed by atoms with Crippen LogP contribution in [0.1, 0.15) is 16.7 Å². The zero-order valence-electron chi connectivity index (χ0n) is 13.6. The first-order valence-corrected chi connectivity index (χ1v) is 7.62. The maximum atomic E-state index is 12.0. The number of ether oxygens (including phenoxy) is 2. The Hall–Kier alpha value is -3.41. The van der Waals surface area contributed by atoms with Gasteiger partial charge in [-0.15, -0.1) is 0 Å². The highest BCUT2D eigenvalue weighted by molar-refractivity contribution is 6.12. The number of nitrogens with two attached hydrogens (primary N) is 1. The molecule has 2 aromatic carbocycles. The van der Waals surface area contributed by atoms with Crippen LogP contribution in [-0.2, 0) is 14.3 Å². The first-order chi connectivity index (χ1) is 12.0.